The van der Waals surface area contributed by atoms with Gasteiger partial charge in [0.1, 0.15) is 0 Å². The second-order valence-corrected chi connectivity index (χ2v) is 17.4. The molecule has 1 aliphatic rings. The molecule has 312 valence electrons. The SMILES string of the molecule is c1ccc(-c2nc(-c3ccc(-c4ccc(-c5c6ccccc6cc6c5ccc5ccccc56)cc4)cc3)nc(-c3cccc4c3-c3ccccc3C4(c3ccccc3)c3ccccc3)n2)cc1. The summed E-state index contributed by atoms with van der Waals surface area (Å²) in [6.07, 6.45) is 0. The Hall–Kier alpha value is -8.79. The van der Waals surface area contributed by atoms with Crippen molar-refractivity contribution < 1.29 is 0 Å². The minimum absolute atomic E-state index is 0.534. The third-order valence-corrected chi connectivity index (χ3v) is 13.8. The number of nitrogens with zero attached hydrogens (tertiary/aromatic N) is 3. The molecule has 0 N–H and O–H groups in total. The molecule has 3 nitrogen and oxygen atoms in total. The molecule has 0 unspecified atom stereocenters. The van der Waals surface area contributed by atoms with E-state index in [4.69, 9.17) is 15.0 Å². The van der Waals surface area contributed by atoms with Crippen LogP contribution < -0.4 is 0 Å². The molecule has 0 radical (unpaired) electrons. The highest BCUT2D eigenvalue weighted by Crippen LogP contribution is 2.58. The number of hydrogen-bond donors (Lipinski definition) is 0. The molecule has 13 rings (SSSR count). The van der Waals surface area contributed by atoms with E-state index in [0.717, 1.165) is 33.4 Å². The van der Waals surface area contributed by atoms with Gasteiger partial charge in [-0.25, -0.2) is 15.0 Å². The van der Waals surface area contributed by atoms with Crippen LogP contribution in [0.25, 0.3) is 99.9 Å². The number of fused-ring (bicyclic) bond motifs is 7. The van der Waals surface area contributed by atoms with E-state index in [9.17, 15) is 0 Å². The molecule has 1 heterocycles. The quantitative estimate of drug-likeness (QED) is 0.118. The van der Waals surface area contributed by atoms with Crippen LogP contribution in [0.4, 0.5) is 0 Å². The van der Waals surface area contributed by atoms with Gasteiger partial charge in [-0.15, -0.1) is 0 Å². The van der Waals surface area contributed by atoms with Crippen LogP contribution in [0.1, 0.15) is 22.3 Å². The molecule has 0 saturated carbocycles. The van der Waals surface area contributed by atoms with Crippen LogP contribution in [0, 0.1) is 0 Å². The van der Waals surface area contributed by atoms with Crippen molar-refractivity contribution in [3.05, 3.63) is 271 Å². The number of aromatic nitrogens is 3. The van der Waals surface area contributed by atoms with Gasteiger partial charge in [-0.3, -0.25) is 0 Å². The van der Waals surface area contributed by atoms with E-state index in [1.54, 1.807) is 0 Å². The number of benzene rings is 11. The van der Waals surface area contributed by atoms with E-state index < -0.39 is 5.41 Å². The first-order valence-electron chi connectivity index (χ1n) is 22.9. The Morgan fingerprint density at radius 2 is 0.746 bits per heavy atom. The number of rotatable bonds is 7. The van der Waals surface area contributed by atoms with E-state index in [1.165, 1.54) is 71.3 Å². The fourth-order valence-corrected chi connectivity index (χ4v) is 10.8. The first-order valence-corrected chi connectivity index (χ1v) is 22.9. The molecule has 3 heteroatoms. The maximum absolute atomic E-state index is 5.34. The molecular weight excluding hydrogens is 811 g/mol. The van der Waals surface area contributed by atoms with Gasteiger partial charge in [-0.1, -0.05) is 243 Å². The smallest absolute Gasteiger partial charge is 0.164 e. The van der Waals surface area contributed by atoms with Crippen molar-refractivity contribution in [2.24, 2.45) is 0 Å². The monoisotopic (exact) mass is 851 g/mol. The van der Waals surface area contributed by atoms with Crippen molar-refractivity contribution in [3.63, 3.8) is 0 Å². The van der Waals surface area contributed by atoms with Crippen LogP contribution in [-0.2, 0) is 5.41 Å². The average Bonchev–Trinajstić information content (AvgIpc) is 3.72. The van der Waals surface area contributed by atoms with Crippen LogP contribution >= 0.6 is 0 Å². The molecule has 0 spiro atoms. The van der Waals surface area contributed by atoms with Crippen molar-refractivity contribution in [1.82, 2.24) is 15.0 Å². The highest BCUT2D eigenvalue weighted by atomic mass is 15.0. The molecule has 1 aromatic heterocycles. The lowest BCUT2D eigenvalue weighted by molar-refractivity contribution is 0.768. The minimum Gasteiger partial charge on any atom is -0.208 e. The first-order chi connectivity index (χ1) is 33.2. The number of hydrogen-bond acceptors (Lipinski definition) is 3. The van der Waals surface area contributed by atoms with Gasteiger partial charge in [0.05, 0.1) is 5.41 Å². The summed E-state index contributed by atoms with van der Waals surface area (Å²) < 4.78 is 0. The summed E-state index contributed by atoms with van der Waals surface area (Å²) in [6, 6.07) is 89.4. The lowest BCUT2D eigenvalue weighted by atomic mass is 9.67. The topological polar surface area (TPSA) is 38.7 Å². The van der Waals surface area contributed by atoms with Crippen LogP contribution in [-0.4, -0.2) is 15.0 Å². The van der Waals surface area contributed by atoms with E-state index in [0.29, 0.717) is 17.5 Å². The summed E-state index contributed by atoms with van der Waals surface area (Å²) in [5.74, 6) is 1.90. The zero-order valence-electron chi connectivity index (χ0n) is 36.5. The van der Waals surface area contributed by atoms with E-state index in [2.05, 4.69) is 231 Å². The second-order valence-electron chi connectivity index (χ2n) is 17.4. The van der Waals surface area contributed by atoms with Crippen molar-refractivity contribution in [2.45, 2.75) is 5.41 Å². The molecule has 0 atom stereocenters. The fraction of sp³-hybridized carbons (Fsp3) is 0.0156. The summed E-state index contributed by atoms with van der Waals surface area (Å²) in [6.45, 7) is 0. The summed E-state index contributed by atoms with van der Waals surface area (Å²) in [5.41, 5.74) is 14.3. The van der Waals surface area contributed by atoms with Crippen LogP contribution in [0.3, 0.4) is 0 Å². The summed E-state index contributed by atoms with van der Waals surface area (Å²) in [7, 11) is 0. The van der Waals surface area contributed by atoms with E-state index in [1.807, 2.05) is 18.2 Å². The van der Waals surface area contributed by atoms with Gasteiger partial charge in [-0.05, 0) is 94.0 Å². The maximum Gasteiger partial charge on any atom is 0.164 e. The lowest BCUT2D eigenvalue weighted by Crippen LogP contribution is -2.28. The van der Waals surface area contributed by atoms with E-state index in [-0.39, 0.29) is 0 Å². The molecular formula is C64H41N3. The first kappa shape index (κ1) is 38.6. The molecule has 0 aliphatic heterocycles. The third kappa shape index (κ3) is 6.24. The zero-order chi connectivity index (χ0) is 44.3. The van der Waals surface area contributed by atoms with Gasteiger partial charge in [0.25, 0.3) is 0 Å². The van der Waals surface area contributed by atoms with Crippen LogP contribution in [0.5, 0.6) is 0 Å². The van der Waals surface area contributed by atoms with Gasteiger partial charge in [0.15, 0.2) is 17.5 Å². The average molecular weight is 852 g/mol. The minimum atomic E-state index is -0.534. The van der Waals surface area contributed by atoms with Crippen molar-refractivity contribution in [2.75, 3.05) is 0 Å². The molecule has 11 aromatic carbocycles. The van der Waals surface area contributed by atoms with Gasteiger partial charge >= 0.3 is 0 Å². The normalized spacial score (nSPS) is 12.6. The Balaban J connectivity index is 0.918. The molecule has 0 amide bonds. The Morgan fingerprint density at radius 3 is 1.43 bits per heavy atom. The summed E-state index contributed by atoms with van der Waals surface area (Å²) >= 11 is 0. The molecule has 67 heavy (non-hydrogen) atoms. The van der Waals surface area contributed by atoms with Gasteiger partial charge in [-0.2, -0.15) is 0 Å². The van der Waals surface area contributed by atoms with Crippen LogP contribution in [0.2, 0.25) is 0 Å². The summed E-state index contributed by atoms with van der Waals surface area (Å²) in [4.78, 5) is 15.8. The Morgan fingerprint density at radius 1 is 0.254 bits per heavy atom. The Labute approximate surface area is 389 Å². The standard InChI is InChI=1S/C64H41N3/c1-4-18-46(19-5-1)61-65-62(67-63(66-61)55-28-16-30-58-60(55)54-27-14-15-29-57(54)64(58,49-21-6-2-7-22-49)50-23-8-3-9-24-50)47-37-33-43(34-38-47)42-31-35-45(36-32-42)59-52-26-13-11-20-48(52)41-56-51-25-12-10-17-44(51)39-40-53(56)59/h1-41H. The molecule has 0 fully saturated rings. The van der Waals surface area contributed by atoms with E-state index >= 15 is 0 Å². The van der Waals surface area contributed by atoms with Crippen LogP contribution in [0.15, 0.2) is 249 Å². The maximum atomic E-state index is 5.34. The highest BCUT2D eigenvalue weighted by Gasteiger charge is 2.47. The van der Waals surface area contributed by atoms with Crippen molar-refractivity contribution >= 4 is 32.3 Å². The largest absolute Gasteiger partial charge is 0.208 e. The predicted octanol–water partition coefficient (Wildman–Crippen LogP) is 16.0. The summed E-state index contributed by atoms with van der Waals surface area (Å²) in [5, 5.41) is 7.56. The molecule has 1 aliphatic carbocycles. The van der Waals surface area contributed by atoms with Crippen molar-refractivity contribution in [3.8, 4) is 67.5 Å². The lowest BCUT2D eigenvalue weighted by Gasteiger charge is -2.33. The Bertz CT molecular complexity index is 3790. The molecule has 12 aromatic rings. The van der Waals surface area contributed by atoms with Gasteiger partial charge in [0, 0.05) is 16.7 Å². The predicted molar refractivity (Wildman–Crippen MR) is 277 cm³/mol. The Kier molecular flexibility index (Phi) is 9.07. The third-order valence-electron chi connectivity index (χ3n) is 13.8. The van der Waals surface area contributed by atoms with Gasteiger partial charge in [0.2, 0.25) is 0 Å². The van der Waals surface area contributed by atoms with Gasteiger partial charge < -0.3 is 0 Å². The second kappa shape index (κ2) is 15.7. The fourth-order valence-electron chi connectivity index (χ4n) is 10.8. The zero-order valence-corrected chi connectivity index (χ0v) is 36.5. The van der Waals surface area contributed by atoms with Crippen molar-refractivity contribution in [1.29, 1.82) is 0 Å². The highest BCUT2D eigenvalue weighted by molar-refractivity contribution is 6.20. The molecule has 0 bridgehead atoms. The molecule has 0 saturated heterocycles.